The second-order valence-electron chi connectivity index (χ2n) is 3.16. The Hall–Kier alpha value is -2.08. The maximum atomic E-state index is 10.7. The fraction of sp³-hybridized carbons (Fsp3) is 0.0909. The number of methoxy groups -OCH3 is 1. The lowest BCUT2D eigenvalue weighted by Crippen LogP contribution is -1.93. The van der Waals surface area contributed by atoms with Crippen molar-refractivity contribution in [1.82, 2.24) is 4.98 Å². The first-order valence-corrected chi connectivity index (χ1v) is 5.61. The van der Waals surface area contributed by atoms with Crippen molar-refractivity contribution < 1.29 is 14.6 Å². The van der Waals surface area contributed by atoms with Gasteiger partial charge in [0, 0.05) is 0 Å². The number of carboxylic acid groups (broad SMARTS) is 1. The smallest absolute Gasteiger partial charge is 0.347 e. The summed E-state index contributed by atoms with van der Waals surface area (Å²) >= 11 is 1.08. The van der Waals surface area contributed by atoms with Crippen LogP contribution in [0.25, 0.3) is 0 Å². The van der Waals surface area contributed by atoms with Crippen molar-refractivity contribution in [2.24, 2.45) is 0 Å². The number of carboxylic acids is 1. The molecular formula is C11H10N2O3S. The number of aromatic nitrogens is 1. The quantitative estimate of drug-likeness (QED) is 0.872. The molecule has 1 aromatic carbocycles. The van der Waals surface area contributed by atoms with Crippen LogP contribution >= 0.6 is 11.3 Å². The summed E-state index contributed by atoms with van der Waals surface area (Å²) in [6, 6.07) is 7.36. The van der Waals surface area contributed by atoms with Crippen LogP contribution < -0.4 is 10.1 Å². The zero-order valence-corrected chi connectivity index (χ0v) is 9.82. The van der Waals surface area contributed by atoms with Crippen molar-refractivity contribution in [2.45, 2.75) is 0 Å². The number of anilines is 2. The molecule has 6 heteroatoms. The molecule has 0 spiro atoms. The summed E-state index contributed by atoms with van der Waals surface area (Å²) < 4.78 is 5.17. The number of rotatable bonds is 4. The summed E-state index contributed by atoms with van der Waals surface area (Å²) in [5.41, 5.74) is 0.751. The van der Waals surface area contributed by atoms with Crippen molar-refractivity contribution in [2.75, 3.05) is 12.4 Å². The molecule has 0 aliphatic carbocycles. The molecule has 2 N–H and O–H groups in total. The molecule has 0 atom stereocenters. The van der Waals surface area contributed by atoms with Crippen molar-refractivity contribution >= 4 is 28.1 Å². The third-order valence-electron chi connectivity index (χ3n) is 2.07. The van der Waals surface area contributed by atoms with E-state index in [2.05, 4.69) is 10.3 Å². The predicted octanol–water partition coefficient (Wildman–Crippen LogP) is 2.59. The molecule has 0 saturated heterocycles. The molecule has 2 rings (SSSR count). The first kappa shape index (κ1) is 11.4. The largest absolute Gasteiger partial charge is 0.495 e. The minimum atomic E-state index is -0.976. The topological polar surface area (TPSA) is 71.5 Å². The average molecular weight is 250 g/mol. The predicted molar refractivity (Wildman–Crippen MR) is 65.4 cm³/mol. The van der Waals surface area contributed by atoms with Crippen LogP contribution in [-0.4, -0.2) is 23.2 Å². The third-order valence-corrected chi connectivity index (χ3v) is 2.97. The highest BCUT2D eigenvalue weighted by molar-refractivity contribution is 7.17. The van der Waals surface area contributed by atoms with E-state index in [-0.39, 0.29) is 4.88 Å². The minimum Gasteiger partial charge on any atom is -0.495 e. The van der Waals surface area contributed by atoms with Gasteiger partial charge >= 0.3 is 5.97 Å². The van der Waals surface area contributed by atoms with Crippen LogP contribution in [0.15, 0.2) is 30.5 Å². The Morgan fingerprint density at radius 3 is 2.88 bits per heavy atom. The van der Waals surface area contributed by atoms with Gasteiger partial charge in [0.05, 0.1) is 19.0 Å². The van der Waals surface area contributed by atoms with Crippen LogP contribution in [0.3, 0.4) is 0 Å². The molecule has 0 aliphatic heterocycles. The number of benzene rings is 1. The van der Waals surface area contributed by atoms with E-state index in [9.17, 15) is 4.79 Å². The number of nitrogens with zero attached hydrogens (tertiary/aromatic N) is 1. The summed E-state index contributed by atoms with van der Waals surface area (Å²) in [4.78, 5) is 14.9. The van der Waals surface area contributed by atoms with Gasteiger partial charge in [0.25, 0.3) is 0 Å². The Kier molecular flexibility index (Phi) is 3.24. The van der Waals surface area contributed by atoms with Crippen LogP contribution in [0, 0.1) is 0 Å². The lowest BCUT2D eigenvalue weighted by molar-refractivity contribution is 0.0702. The van der Waals surface area contributed by atoms with Crippen LogP contribution in [0.2, 0.25) is 0 Å². The molecule has 0 unspecified atom stereocenters. The van der Waals surface area contributed by atoms with Crippen LogP contribution in [-0.2, 0) is 0 Å². The van der Waals surface area contributed by atoms with E-state index in [1.807, 2.05) is 24.3 Å². The van der Waals surface area contributed by atoms with E-state index < -0.39 is 5.97 Å². The van der Waals surface area contributed by atoms with Crippen LogP contribution in [0.4, 0.5) is 10.8 Å². The molecule has 5 nitrogen and oxygen atoms in total. The van der Waals surface area contributed by atoms with Gasteiger partial charge in [-0.25, -0.2) is 9.78 Å². The van der Waals surface area contributed by atoms with Crippen LogP contribution in [0.5, 0.6) is 5.75 Å². The number of nitrogens with one attached hydrogen (secondary N) is 1. The Balaban J connectivity index is 2.22. The maximum absolute atomic E-state index is 10.7. The first-order valence-electron chi connectivity index (χ1n) is 4.80. The number of aromatic carboxylic acids is 1. The number of carbonyl (C=O) groups is 1. The fourth-order valence-corrected chi connectivity index (χ4v) is 1.96. The Labute approximate surface area is 102 Å². The SMILES string of the molecule is COc1ccccc1Nc1ncc(C(=O)O)s1. The van der Waals surface area contributed by atoms with Gasteiger partial charge < -0.3 is 15.2 Å². The molecule has 0 aliphatic rings. The van der Waals surface area contributed by atoms with Gasteiger partial charge in [-0.05, 0) is 12.1 Å². The number of hydrogen-bond donors (Lipinski definition) is 2. The van der Waals surface area contributed by atoms with Gasteiger partial charge in [-0.15, -0.1) is 0 Å². The Morgan fingerprint density at radius 1 is 1.47 bits per heavy atom. The van der Waals surface area contributed by atoms with Gasteiger partial charge in [-0.3, -0.25) is 0 Å². The summed E-state index contributed by atoms with van der Waals surface area (Å²) in [7, 11) is 1.57. The molecule has 1 aromatic heterocycles. The van der Waals surface area contributed by atoms with Gasteiger partial charge in [0.1, 0.15) is 10.6 Å². The second kappa shape index (κ2) is 4.84. The molecule has 88 valence electrons. The fourth-order valence-electron chi connectivity index (χ4n) is 1.29. The first-order chi connectivity index (χ1) is 8.20. The number of thiazole rings is 1. The van der Waals surface area contributed by atoms with Gasteiger partial charge in [-0.1, -0.05) is 23.5 Å². The minimum absolute atomic E-state index is 0.197. The molecule has 17 heavy (non-hydrogen) atoms. The number of para-hydroxylation sites is 2. The highest BCUT2D eigenvalue weighted by Gasteiger charge is 2.09. The maximum Gasteiger partial charge on any atom is 0.347 e. The van der Waals surface area contributed by atoms with E-state index in [4.69, 9.17) is 9.84 Å². The standard InChI is InChI=1S/C11H10N2O3S/c1-16-8-5-3-2-4-7(8)13-11-12-6-9(17-11)10(14)15/h2-6H,1H3,(H,12,13)(H,14,15). The van der Waals surface area contributed by atoms with Crippen LogP contribution in [0.1, 0.15) is 9.67 Å². The second-order valence-corrected chi connectivity index (χ2v) is 4.19. The Bertz CT molecular complexity index is 539. The zero-order valence-electron chi connectivity index (χ0n) is 9.01. The van der Waals surface area contributed by atoms with Gasteiger partial charge in [-0.2, -0.15) is 0 Å². The molecule has 0 fully saturated rings. The number of hydrogen-bond acceptors (Lipinski definition) is 5. The molecular weight excluding hydrogens is 240 g/mol. The molecule has 0 amide bonds. The van der Waals surface area contributed by atoms with Crippen molar-refractivity contribution in [1.29, 1.82) is 0 Å². The van der Waals surface area contributed by atoms with Crippen molar-refractivity contribution in [3.63, 3.8) is 0 Å². The molecule has 0 saturated carbocycles. The van der Waals surface area contributed by atoms with E-state index in [1.165, 1.54) is 6.20 Å². The normalized spacial score (nSPS) is 9.94. The molecule has 0 radical (unpaired) electrons. The lowest BCUT2D eigenvalue weighted by Gasteiger charge is -2.07. The summed E-state index contributed by atoms with van der Waals surface area (Å²) in [6.07, 6.45) is 1.32. The molecule has 0 bridgehead atoms. The highest BCUT2D eigenvalue weighted by atomic mass is 32.1. The van der Waals surface area contributed by atoms with Gasteiger partial charge in [0.2, 0.25) is 0 Å². The zero-order chi connectivity index (χ0) is 12.3. The lowest BCUT2D eigenvalue weighted by atomic mass is 10.3. The summed E-state index contributed by atoms with van der Waals surface area (Å²) in [5.74, 6) is -0.296. The van der Waals surface area contributed by atoms with Crippen molar-refractivity contribution in [3.8, 4) is 5.75 Å². The average Bonchev–Trinajstić information content (AvgIpc) is 2.78. The van der Waals surface area contributed by atoms with E-state index >= 15 is 0 Å². The van der Waals surface area contributed by atoms with E-state index in [0.717, 1.165) is 17.0 Å². The number of ether oxygens (including phenoxy) is 1. The van der Waals surface area contributed by atoms with Gasteiger partial charge in [0.15, 0.2) is 5.13 Å². The van der Waals surface area contributed by atoms with E-state index in [1.54, 1.807) is 7.11 Å². The Morgan fingerprint density at radius 2 is 2.24 bits per heavy atom. The molecule has 1 heterocycles. The summed E-state index contributed by atoms with van der Waals surface area (Å²) in [6.45, 7) is 0. The third kappa shape index (κ3) is 2.54. The highest BCUT2D eigenvalue weighted by Crippen LogP contribution is 2.29. The van der Waals surface area contributed by atoms with Crippen molar-refractivity contribution in [3.05, 3.63) is 35.3 Å². The van der Waals surface area contributed by atoms with E-state index in [0.29, 0.717) is 10.9 Å². The molecule has 2 aromatic rings. The summed E-state index contributed by atoms with van der Waals surface area (Å²) in [5, 5.41) is 12.3. The monoisotopic (exact) mass is 250 g/mol.